The Balaban J connectivity index is 0.000000185. The van der Waals surface area contributed by atoms with Crippen molar-refractivity contribution < 1.29 is 23.1 Å². The minimum absolute atomic E-state index is 0.894. The standard InChI is InChI=1S/C6H8BrN3.C2HF3O2/c7-5-3-9-6-4-8-1-2-10(5)6;3-2(4,5)1(6)7/h3,8H,1-2,4H2;(H,6,7). The van der Waals surface area contributed by atoms with E-state index in [0.717, 1.165) is 30.1 Å². The van der Waals surface area contributed by atoms with Gasteiger partial charge in [0.25, 0.3) is 0 Å². The maximum Gasteiger partial charge on any atom is 0.490 e. The van der Waals surface area contributed by atoms with Crippen molar-refractivity contribution >= 4 is 21.9 Å². The largest absolute Gasteiger partial charge is 0.490 e. The fourth-order valence-electron chi connectivity index (χ4n) is 1.16. The molecule has 0 atom stereocenters. The highest BCUT2D eigenvalue weighted by Crippen LogP contribution is 2.14. The predicted molar refractivity (Wildman–Crippen MR) is 55.3 cm³/mol. The van der Waals surface area contributed by atoms with Gasteiger partial charge in [-0.1, -0.05) is 0 Å². The average molecular weight is 316 g/mol. The number of alkyl halides is 3. The first-order valence-electron chi connectivity index (χ1n) is 4.53. The number of aliphatic carboxylic acids is 1. The van der Waals surface area contributed by atoms with Crippen LogP contribution < -0.4 is 5.32 Å². The highest BCUT2D eigenvalue weighted by atomic mass is 79.9. The molecule has 0 fully saturated rings. The van der Waals surface area contributed by atoms with Crippen molar-refractivity contribution in [2.45, 2.75) is 19.3 Å². The Morgan fingerprint density at radius 2 is 2.18 bits per heavy atom. The van der Waals surface area contributed by atoms with Crippen LogP contribution in [0.5, 0.6) is 0 Å². The number of carboxylic acids is 1. The molecule has 0 aliphatic carbocycles. The normalized spacial score (nSPS) is 14.6. The summed E-state index contributed by atoms with van der Waals surface area (Å²) in [6.07, 6.45) is -3.23. The van der Waals surface area contributed by atoms with Crippen LogP contribution in [0.15, 0.2) is 10.8 Å². The van der Waals surface area contributed by atoms with Gasteiger partial charge < -0.3 is 15.0 Å². The molecular formula is C8H9BrF3N3O2. The molecule has 2 N–H and O–H groups in total. The van der Waals surface area contributed by atoms with Gasteiger partial charge in [0.2, 0.25) is 0 Å². The van der Waals surface area contributed by atoms with Crippen molar-refractivity contribution in [1.82, 2.24) is 14.9 Å². The van der Waals surface area contributed by atoms with Crippen LogP contribution in [0, 0.1) is 0 Å². The lowest BCUT2D eigenvalue weighted by molar-refractivity contribution is -0.192. The molecule has 0 radical (unpaired) electrons. The number of nitrogens with zero attached hydrogens (tertiary/aromatic N) is 2. The van der Waals surface area contributed by atoms with E-state index in [1.807, 2.05) is 6.20 Å². The van der Waals surface area contributed by atoms with E-state index >= 15 is 0 Å². The highest BCUT2D eigenvalue weighted by molar-refractivity contribution is 9.10. The third-order valence-electron chi connectivity index (χ3n) is 1.93. The minimum atomic E-state index is -5.08. The van der Waals surface area contributed by atoms with Gasteiger partial charge >= 0.3 is 12.1 Å². The quantitative estimate of drug-likeness (QED) is 0.759. The summed E-state index contributed by atoms with van der Waals surface area (Å²) < 4.78 is 35.0. The summed E-state index contributed by atoms with van der Waals surface area (Å²) in [6.45, 7) is 2.96. The number of carboxylic acid groups (broad SMARTS) is 1. The first-order valence-corrected chi connectivity index (χ1v) is 5.32. The molecule has 0 bridgehead atoms. The number of fused-ring (bicyclic) bond motifs is 1. The molecule has 17 heavy (non-hydrogen) atoms. The number of nitrogens with one attached hydrogen (secondary N) is 1. The van der Waals surface area contributed by atoms with Gasteiger partial charge in [0.05, 0.1) is 12.7 Å². The monoisotopic (exact) mass is 315 g/mol. The van der Waals surface area contributed by atoms with Crippen LogP contribution in [0.4, 0.5) is 13.2 Å². The molecule has 1 aliphatic heterocycles. The number of imidazole rings is 1. The van der Waals surface area contributed by atoms with Crippen molar-refractivity contribution in [2.75, 3.05) is 6.54 Å². The topological polar surface area (TPSA) is 67.2 Å². The van der Waals surface area contributed by atoms with E-state index in [-0.39, 0.29) is 0 Å². The SMILES string of the molecule is Brc1cnc2n1CCNC2.O=C(O)C(F)(F)F. The number of halogens is 4. The molecule has 5 nitrogen and oxygen atoms in total. The second-order valence-electron chi connectivity index (χ2n) is 3.13. The van der Waals surface area contributed by atoms with Gasteiger partial charge in [0.1, 0.15) is 10.4 Å². The van der Waals surface area contributed by atoms with Gasteiger partial charge in [-0.3, -0.25) is 0 Å². The van der Waals surface area contributed by atoms with Crippen LogP contribution in [-0.4, -0.2) is 33.3 Å². The predicted octanol–water partition coefficient (Wildman–Crippen LogP) is 1.38. The lowest BCUT2D eigenvalue weighted by Gasteiger charge is -2.15. The molecule has 1 aromatic heterocycles. The molecule has 1 aliphatic rings. The fraction of sp³-hybridized carbons (Fsp3) is 0.500. The zero-order valence-electron chi connectivity index (χ0n) is 8.46. The number of hydrogen-bond donors (Lipinski definition) is 2. The molecule has 0 saturated carbocycles. The second-order valence-corrected chi connectivity index (χ2v) is 3.94. The maximum absolute atomic E-state index is 10.6. The second kappa shape index (κ2) is 5.50. The van der Waals surface area contributed by atoms with Gasteiger partial charge in [0, 0.05) is 13.1 Å². The van der Waals surface area contributed by atoms with Crippen LogP contribution in [0.2, 0.25) is 0 Å². The van der Waals surface area contributed by atoms with E-state index in [1.54, 1.807) is 0 Å². The van der Waals surface area contributed by atoms with Crippen LogP contribution in [0.25, 0.3) is 0 Å². The Hall–Kier alpha value is -1.09. The number of hydrogen-bond acceptors (Lipinski definition) is 3. The Labute approximate surface area is 103 Å². The molecule has 9 heteroatoms. The molecule has 96 valence electrons. The fourth-order valence-corrected chi connectivity index (χ4v) is 1.64. The maximum atomic E-state index is 10.6. The zero-order valence-corrected chi connectivity index (χ0v) is 10.0. The van der Waals surface area contributed by atoms with E-state index in [2.05, 4.69) is 30.8 Å². The summed E-state index contributed by atoms with van der Waals surface area (Å²) in [6, 6.07) is 0. The first-order chi connectivity index (χ1) is 7.82. The number of rotatable bonds is 0. The van der Waals surface area contributed by atoms with Gasteiger partial charge in [0.15, 0.2) is 0 Å². The van der Waals surface area contributed by atoms with Gasteiger partial charge in [-0.25, -0.2) is 9.78 Å². The van der Waals surface area contributed by atoms with Crippen molar-refractivity contribution in [3.8, 4) is 0 Å². The summed E-state index contributed by atoms with van der Waals surface area (Å²) >= 11 is 3.42. The third-order valence-corrected chi connectivity index (χ3v) is 2.56. The molecule has 2 rings (SSSR count). The molecule has 0 unspecified atom stereocenters. The Bertz CT molecular complexity index is 405. The first kappa shape index (κ1) is 14.0. The molecule has 0 spiro atoms. The van der Waals surface area contributed by atoms with Crippen molar-refractivity contribution in [1.29, 1.82) is 0 Å². The van der Waals surface area contributed by atoms with Crippen LogP contribution in [0.3, 0.4) is 0 Å². The Morgan fingerprint density at radius 3 is 2.65 bits per heavy atom. The van der Waals surface area contributed by atoms with E-state index in [9.17, 15) is 13.2 Å². The van der Waals surface area contributed by atoms with Gasteiger partial charge in [-0.05, 0) is 15.9 Å². The van der Waals surface area contributed by atoms with Crippen molar-refractivity contribution in [3.05, 3.63) is 16.6 Å². The summed E-state index contributed by atoms with van der Waals surface area (Å²) in [7, 11) is 0. The van der Waals surface area contributed by atoms with Gasteiger partial charge in [-0.2, -0.15) is 13.2 Å². The third kappa shape index (κ3) is 4.00. The Morgan fingerprint density at radius 1 is 1.59 bits per heavy atom. The van der Waals surface area contributed by atoms with Crippen LogP contribution >= 0.6 is 15.9 Å². The number of carbonyl (C=O) groups is 1. The summed E-state index contributed by atoms with van der Waals surface area (Å²) in [5.41, 5.74) is 0. The smallest absolute Gasteiger partial charge is 0.475 e. The molecule has 0 saturated heterocycles. The minimum Gasteiger partial charge on any atom is -0.475 e. The molecule has 1 aromatic rings. The Kier molecular flexibility index (Phi) is 4.52. The summed E-state index contributed by atoms with van der Waals surface area (Å²) in [4.78, 5) is 13.1. The van der Waals surface area contributed by atoms with Crippen LogP contribution in [0.1, 0.15) is 5.82 Å². The van der Waals surface area contributed by atoms with E-state index in [4.69, 9.17) is 9.90 Å². The summed E-state index contributed by atoms with van der Waals surface area (Å²) in [5, 5.41) is 10.4. The highest BCUT2D eigenvalue weighted by Gasteiger charge is 2.38. The van der Waals surface area contributed by atoms with Crippen molar-refractivity contribution in [2.24, 2.45) is 0 Å². The molecular weight excluding hydrogens is 307 g/mol. The van der Waals surface area contributed by atoms with E-state index in [1.165, 1.54) is 0 Å². The summed E-state index contributed by atoms with van der Waals surface area (Å²) in [5.74, 6) is -1.63. The van der Waals surface area contributed by atoms with E-state index in [0.29, 0.717) is 0 Å². The van der Waals surface area contributed by atoms with Crippen molar-refractivity contribution in [3.63, 3.8) is 0 Å². The zero-order chi connectivity index (χ0) is 13.1. The number of aromatic nitrogens is 2. The average Bonchev–Trinajstić information content (AvgIpc) is 2.61. The molecule has 2 heterocycles. The lowest BCUT2D eigenvalue weighted by Crippen LogP contribution is -2.28. The van der Waals surface area contributed by atoms with Crippen LogP contribution in [-0.2, 0) is 17.9 Å². The molecule has 0 amide bonds. The van der Waals surface area contributed by atoms with E-state index < -0.39 is 12.1 Å². The molecule has 0 aromatic carbocycles. The lowest BCUT2D eigenvalue weighted by atomic mass is 10.4. The van der Waals surface area contributed by atoms with Gasteiger partial charge in [-0.15, -0.1) is 0 Å².